The molecule has 2 aromatic rings. The van der Waals surface area contributed by atoms with Crippen LogP contribution in [0.5, 0.6) is 11.5 Å². The lowest BCUT2D eigenvalue weighted by Gasteiger charge is -2.29. The summed E-state index contributed by atoms with van der Waals surface area (Å²) in [4.78, 5) is 39.0. The van der Waals surface area contributed by atoms with Crippen molar-refractivity contribution in [1.82, 2.24) is 5.32 Å². The van der Waals surface area contributed by atoms with Gasteiger partial charge in [-0.25, -0.2) is 4.79 Å². The molecule has 0 aromatic heterocycles. The number of benzene rings is 2. The molecule has 184 valence electrons. The van der Waals surface area contributed by atoms with Crippen molar-refractivity contribution in [1.29, 1.82) is 0 Å². The quantitative estimate of drug-likeness (QED) is 0.213. The first-order valence-electron chi connectivity index (χ1n) is 11.0. The first kappa shape index (κ1) is 26.4. The zero-order chi connectivity index (χ0) is 25.5. The SMILES string of the molecule is CCOC(=O)COc1c(Br)cc(/C=C2\C(=O)NC(=S)N(c3ccc(CC)cc3)C2=O)cc1OCC. The standard InChI is InChI=1S/C25H25BrN2O6S/c1-4-15-7-9-17(10-8-15)28-24(31)18(23(30)27-25(28)35)11-16-12-19(26)22(20(13-16)32-5-2)34-14-21(29)33-6-3/h7-13H,4-6,14H2,1-3H3,(H,27,30,35)/b18-11+. The molecule has 0 atom stereocenters. The summed E-state index contributed by atoms with van der Waals surface area (Å²) in [6, 6.07) is 10.7. The van der Waals surface area contributed by atoms with Crippen LogP contribution in [0.25, 0.3) is 6.08 Å². The molecule has 0 unspecified atom stereocenters. The Morgan fingerprint density at radius 1 is 1.09 bits per heavy atom. The van der Waals surface area contributed by atoms with Crippen molar-refractivity contribution in [3.63, 3.8) is 0 Å². The van der Waals surface area contributed by atoms with Gasteiger partial charge in [-0.3, -0.25) is 19.8 Å². The average molecular weight is 561 g/mol. The van der Waals surface area contributed by atoms with Crippen molar-refractivity contribution in [2.24, 2.45) is 0 Å². The first-order chi connectivity index (χ1) is 16.8. The summed E-state index contributed by atoms with van der Waals surface area (Å²) in [5.41, 5.74) is 2.09. The third kappa shape index (κ3) is 6.26. The lowest BCUT2D eigenvalue weighted by atomic mass is 10.1. The van der Waals surface area contributed by atoms with Crippen LogP contribution in [0.4, 0.5) is 5.69 Å². The number of thiocarbonyl (C=S) groups is 1. The smallest absolute Gasteiger partial charge is 0.344 e. The predicted octanol–water partition coefficient (Wildman–Crippen LogP) is 4.18. The highest BCUT2D eigenvalue weighted by Crippen LogP contribution is 2.38. The lowest BCUT2D eigenvalue weighted by Crippen LogP contribution is -2.54. The molecule has 1 heterocycles. The summed E-state index contributed by atoms with van der Waals surface area (Å²) in [6.07, 6.45) is 2.31. The molecule has 0 bridgehead atoms. The average Bonchev–Trinajstić information content (AvgIpc) is 2.82. The minimum atomic E-state index is -0.599. The summed E-state index contributed by atoms with van der Waals surface area (Å²) in [6.45, 7) is 5.82. The van der Waals surface area contributed by atoms with Gasteiger partial charge in [0, 0.05) is 0 Å². The van der Waals surface area contributed by atoms with Gasteiger partial charge in [-0.1, -0.05) is 19.1 Å². The number of aryl methyl sites for hydroxylation is 1. The molecule has 1 fully saturated rings. The summed E-state index contributed by atoms with van der Waals surface area (Å²) >= 11 is 8.69. The number of carbonyl (C=O) groups is 3. The molecule has 3 rings (SSSR count). The number of rotatable bonds is 9. The van der Waals surface area contributed by atoms with Crippen LogP contribution >= 0.6 is 28.1 Å². The normalized spacial score (nSPS) is 14.7. The van der Waals surface area contributed by atoms with E-state index in [0.29, 0.717) is 33.8 Å². The minimum absolute atomic E-state index is 0.0142. The van der Waals surface area contributed by atoms with Gasteiger partial charge in [0.1, 0.15) is 5.57 Å². The van der Waals surface area contributed by atoms with Crippen LogP contribution in [0.15, 0.2) is 46.4 Å². The van der Waals surface area contributed by atoms with E-state index in [-0.39, 0.29) is 23.9 Å². The molecule has 0 spiro atoms. The number of nitrogens with zero attached hydrogens (tertiary/aromatic N) is 1. The number of ether oxygens (including phenoxy) is 3. The fraction of sp³-hybridized carbons (Fsp3) is 0.280. The minimum Gasteiger partial charge on any atom is -0.490 e. The van der Waals surface area contributed by atoms with Gasteiger partial charge < -0.3 is 14.2 Å². The van der Waals surface area contributed by atoms with Crippen molar-refractivity contribution in [2.45, 2.75) is 27.2 Å². The summed E-state index contributed by atoms with van der Waals surface area (Å²) in [5, 5.41) is 2.59. The number of anilines is 1. The number of carbonyl (C=O) groups excluding carboxylic acids is 3. The second-order valence-electron chi connectivity index (χ2n) is 7.33. The van der Waals surface area contributed by atoms with E-state index in [2.05, 4.69) is 21.2 Å². The Bertz CT molecular complexity index is 1180. The van der Waals surface area contributed by atoms with E-state index in [9.17, 15) is 14.4 Å². The van der Waals surface area contributed by atoms with E-state index in [4.69, 9.17) is 26.4 Å². The number of hydrogen-bond donors (Lipinski definition) is 1. The monoisotopic (exact) mass is 560 g/mol. The maximum absolute atomic E-state index is 13.3. The van der Waals surface area contributed by atoms with Gasteiger partial charge in [0.25, 0.3) is 11.8 Å². The fourth-order valence-electron chi connectivity index (χ4n) is 3.35. The molecule has 35 heavy (non-hydrogen) atoms. The molecule has 1 N–H and O–H groups in total. The van der Waals surface area contributed by atoms with Crippen LogP contribution in [-0.4, -0.2) is 42.7 Å². The largest absolute Gasteiger partial charge is 0.490 e. The molecule has 2 amide bonds. The van der Waals surface area contributed by atoms with Crippen molar-refractivity contribution in [3.8, 4) is 11.5 Å². The summed E-state index contributed by atoms with van der Waals surface area (Å²) < 4.78 is 16.6. The van der Waals surface area contributed by atoms with Crippen molar-refractivity contribution >= 4 is 62.8 Å². The van der Waals surface area contributed by atoms with Crippen molar-refractivity contribution in [3.05, 3.63) is 57.6 Å². The maximum atomic E-state index is 13.3. The second-order valence-corrected chi connectivity index (χ2v) is 8.58. The highest BCUT2D eigenvalue weighted by molar-refractivity contribution is 9.10. The highest BCUT2D eigenvalue weighted by atomic mass is 79.9. The first-order valence-corrected chi connectivity index (χ1v) is 12.2. The highest BCUT2D eigenvalue weighted by Gasteiger charge is 2.34. The van der Waals surface area contributed by atoms with Crippen LogP contribution in [-0.2, 0) is 25.5 Å². The zero-order valence-corrected chi connectivity index (χ0v) is 22.0. The van der Waals surface area contributed by atoms with E-state index in [1.165, 1.54) is 11.0 Å². The molecule has 8 nitrogen and oxygen atoms in total. The van der Waals surface area contributed by atoms with E-state index in [1.807, 2.05) is 19.1 Å². The van der Waals surface area contributed by atoms with Gasteiger partial charge >= 0.3 is 5.97 Å². The molecule has 10 heteroatoms. The molecular weight excluding hydrogens is 536 g/mol. The Morgan fingerprint density at radius 2 is 1.80 bits per heavy atom. The molecule has 1 aliphatic heterocycles. The Balaban J connectivity index is 1.94. The predicted molar refractivity (Wildman–Crippen MR) is 139 cm³/mol. The number of esters is 1. The van der Waals surface area contributed by atoms with Gasteiger partial charge in [-0.15, -0.1) is 0 Å². The number of nitrogens with one attached hydrogen (secondary N) is 1. The lowest BCUT2D eigenvalue weighted by molar-refractivity contribution is -0.145. The Morgan fingerprint density at radius 3 is 2.43 bits per heavy atom. The van der Waals surface area contributed by atoms with E-state index in [1.54, 1.807) is 38.1 Å². The van der Waals surface area contributed by atoms with Gasteiger partial charge in [0.2, 0.25) is 0 Å². The molecule has 0 saturated carbocycles. The molecule has 1 aliphatic rings. The number of amides is 2. The van der Waals surface area contributed by atoms with Crippen LogP contribution in [0.2, 0.25) is 0 Å². The molecule has 1 saturated heterocycles. The number of hydrogen-bond acceptors (Lipinski definition) is 7. The Hall–Kier alpha value is -3.24. The van der Waals surface area contributed by atoms with Gasteiger partial charge in [0.15, 0.2) is 23.2 Å². The molecular formula is C25H25BrN2O6S. The Labute approximate surface area is 217 Å². The van der Waals surface area contributed by atoms with Crippen LogP contribution in [0.3, 0.4) is 0 Å². The van der Waals surface area contributed by atoms with E-state index < -0.39 is 17.8 Å². The van der Waals surface area contributed by atoms with Gasteiger partial charge in [-0.2, -0.15) is 0 Å². The van der Waals surface area contributed by atoms with E-state index >= 15 is 0 Å². The third-order valence-electron chi connectivity index (χ3n) is 4.99. The second kappa shape index (κ2) is 11.9. The third-order valence-corrected chi connectivity index (χ3v) is 5.86. The molecule has 0 radical (unpaired) electrons. The van der Waals surface area contributed by atoms with Gasteiger partial charge in [0.05, 0.1) is 23.4 Å². The van der Waals surface area contributed by atoms with Crippen LogP contribution in [0.1, 0.15) is 31.9 Å². The topological polar surface area (TPSA) is 94.2 Å². The summed E-state index contributed by atoms with van der Waals surface area (Å²) in [7, 11) is 0. The molecule has 0 aliphatic carbocycles. The van der Waals surface area contributed by atoms with Crippen LogP contribution in [0, 0.1) is 0 Å². The fourth-order valence-corrected chi connectivity index (χ4v) is 4.20. The Kier molecular flexibility index (Phi) is 9.00. The van der Waals surface area contributed by atoms with Crippen LogP contribution < -0.4 is 19.7 Å². The van der Waals surface area contributed by atoms with Crippen molar-refractivity contribution < 1.29 is 28.6 Å². The van der Waals surface area contributed by atoms with E-state index in [0.717, 1.165) is 12.0 Å². The van der Waals surface area contributed by atoms with Crippen molar-refractivity contribution in [2.75, 3.05) is 24.7 Å². The number of halogens is 1. The summed E-state index contributed by atoms with van der Waals surface area (Å²) in [5.74, 6) is -1.01. The molecule has 2 aromatic carbocycles. The zero-order valence-electron chi connectivity index (χ0n) is 19.6. The van der Waals surface area contributed by atoms with Gasteiger partial charge in [-0.05, 0) is 89.9 Å². The maximum Gasteiger partial charge on any atom is 0.344 e.